The number of carbonyl (C=O) groups is 3. The molecule has 9 N–H and O–H groups in total. The summed E-state index contributed by atoms with van der Waals surface area (Å²) in [4.78, 5) is 33.7. The number of aromatic hydroxyl groups is 3. The summed E-state index contributed by atoms with van der Waals surface area (Å²) in [5.41, 5.74) is 2.80. The summed E-state index contributed by atoms with van der Waals surface area (Å²) in [7, 11) is 3.28. The van der Waals surface area contributed by atoms with Crippen molar-refractivity contribution in [1.82, 2.24) is 16.0 Å². The molecule has 0 aliphatic heterocycles. The predicted molar refractivity (Wildman–Crippen MR) is 394 cm³/mol. The third kappa shape index (κ3) is 21.0. The number of hydrogen-bond acceptors (Lipinski definition) is 12. The normalized spacial score (nSPS) is 12.0. The van der Waals surface area contributed by atoms with Gasteiger partial charge in [0.1, 0.15) is 52.6 Å². The molecular formula is C49H41I12N3O12. The summed E-state index contributed by atoms with van der Waals surface area (Å²) in [5.74, 6) is 2.26. The summed E-state index contributed by atoms with van der Waals surface area (Å²) >= 11 is 25.5. The van der Waals surface area contributed by atoms with Gasteiger partial charge in [-0.1, -0.05) is 6.92 Å². The van der Waals surface area contributed by atoms with Gasteiger partial charge in [0, 0.05) is 0 Å². The first kappa shape index (κ1) is 69.7. The number of carboxylic acids is 3. The van der Waals surface area contributed by atoms with E-state index in [0.29, 0.717) is 43.1 Å². The van der Waals surface area contributed by atoms with Crippen LogP contribution < -0.4 is 30.2 Å². The molecule has 0 unspecified atom stereocenters. The minimum Gasteiger partial charge on any atom is -0.506 e. The Bertz CT molecular complexity index is 2830. The van der Waals surface area contributed by atoms with Crippen molar-refractivity contribution < 1.29 is 59.2 Å². The van der Waals surface area contributed by atoms with Crippen LogP contribution in [0.4, 0.5) is 0 Å². The van der Waals surface area contributed by atoms with Crippen LogP contribution >= 0.6 is 271 Å². The molecule has 6 aromatic carbocycles. The lowest BCUT2D eigenvalue weighted by Gasteiger charge is -2.16. The first-order valence-electron chi connectivity index (χ1n) is 21.5. The number of phenols is 3. The van der Waals surface area contributed by atoms with Gasteiger partial charge in [0.05, 0.1) is 42.8 Å². The summed E-state index contributed by atoms with van der Waals surface area (Å²) in [6.07, 6.45) is 1.20. The van der Waals surface area contributed by atoms with Crippen molar-refractivity contribution >= 4 is 289 Å². The lowest BCUT2D eigenvalue weighted by atomic mass is 10.1. The van der Waals surface area contributed by atoms with E-state index >= 15 is 0 Å². The molecule has 27 heteroatoms. The molecule has 0 saturated carbocycles. The Morgan fingerprint density at radius 3 is 0.789 bits per heavy atom. The fourth-order valence-corrected chi connectivity index (χ4v) is 18.0. The molecular weight excluding hydrogens is 2350 g/mol. The maximum Gasteiger partial charge on any atom is 0.321 e. The third-order valence-electron chi connectivity index (χ3n) is 10.2. The molecule has 0 saturated heterocycles. The van der Waals surface area contributed by atoms with Crippen molar-refractivity contribution in [3.05, 3.63) is 132 Å². The number of nitrogens with one attached hydrogen (secondary N) is 3. The maximum absolute atomic E-state index is 11.4. The zero-order valence-corrected chi connectivity index (χ0v) is 65.0. The molecule has 0 aliphatic rings. The van der Waals surface area contributed by atoms with Crippen molar-refractivity contribution in [1.29, 1.82) is 0 Å². The summed E-state index contributed by atoms with van der Waals surface area (Å²) in [6, 6.07) is 20.4. The van der Waals surface area contributed by atoms with Gasteiger partial charge >= 0.3 is 17.9 Å². The second-order valence-electron chi connectivity index (χ2n) is 15.6. The van der Waals surface area contributed by atoms with Crippen LogP contribution in [-0.2, 0) is 33.6 Å². The first-order chi connectivity index (χ1) is 35.7. The lowest BCUT2D eigenvalue weighted by molar-refractivity contribution is -0.140. The molecule has 0 bridgehead atoms. The predicted octanol–water partition coefficient (Wildman–Crippen LogP) is 14.8. The monoisotopic (exact) mass is 2390 g/mol. The van der Waals surface area contributed by atoms with E-state index in [0.717, 1.165) is 76.8 Å². The van der Waals surface area contributed by atoms with Gasteiger partial charge in [0.25, 0.3) is 0 Å². The average molecular weight is 2390 g/mol. The molecule has 0 aromatic heterocycles. The summed E-state index contributed by atoms with van der Waals surface area (Å²) in [6.45, 7) is 2.49. The van der Waals surface area contributed by atoms with Gasteiger partial charge in [-0.2, -0.15) is 0 Å². The molecule has 0 aliphatic carbocycles. The van der Waals surface area contributed by atoms with Crippen molar-refractivity contribution in [3.8, 4) is 51.7 Å². The highest BCUT2D eigenvalue weighted by Crippen LogP contribution is 2.40. The van der Waals surface area contributed by atoms with E-state index in [1.807, 2.05) is 43.3 Å². The molecule has 0 radical (unpaired) electrons. The number of carboxylic acid groups (broad SMARTS) is 3. The smallest absolute Gasteiger partial charge is 0.321 e. The van der Waals surface area contributed by atoms with E-state index in [9.17, 15) is 45.0 Å². The fourth-order valence-electron chi connectivity index (χ4n) is 6.47. The van der Waals surface area contributed by atoms with Gasteiger partial charge in [-0.3, -0.25) is 14.4 Å². The standard InChI is InChI=1S/C17H15I4NO4.2C16H13I4NO4/c1-2-22-14(17(24)25)5-8-3-12(20)16(13(21)4-8)26-9-6-10(18)15(23)11(19)7-9;2*1-21-13(16(23)24)4-7-2-11(19)15(12(20)3-7)25-8-5-9(17)14(22)10(18)6-8/h3-4,6-7,14,22-23H,2,5H2,1H3,(H,24,25);2*2-3,5-6,13,21-22H,4H2,1H3,(H,23,24)/t14-;2*13-/m000/s1. The fraction of sp³-hybridized carbons (Fsp3) is 0.204. The molecule has 0 amide bonds. The van der Waals surface area contributed by atoms with E-state index in [1.165, 1.54) is 0 Å². The highest BCUT2D eigenvalue weighted by Gasteiger charge is 2.22. The zero-order valence-electron chi connectivity index (χ0n) is 39.2. The molecule has 0 fully saturated rings. The SMILES string of the molecule is CCN[C@@H](Cc1cc(I)c(Oc2cc(I)c(O)c(I)c2)c(I)c1)C(=O)O.CN[C@@H](Cc1cc(I)c(Oc2cc(I)c(O)c(I)c2)c(I)c1)C(=O)O.CN[C@@H](Cc1cc(I)c(Oc2cc(I)c(O)c(I)c2)c(I)c1)C(=O)O. The topological polar surface area (TPSA) is 236 Å². The van der Waals surface area contributed by atoms with Gasteiger partial charge in [0.2, 0.25) is 0 Å². The number of rotatable bonds is 19. The number of hydrogen-bond donors (Lipinski definition) is 9. The third-order valence-corrected chi connectivity index (χ3v) is 19.9. The zero-order chi connectivity index (χ0) is 56.9. The van der Waals surface area contributed by atoms with Crippen molar-refractivity contribution in [2.75, 3.05) is 20.6 Å². The number of halogens is 12. The molecule has 6 aromatic rings. The summed E-state index contributed by atoms with van der Waals surface area (Å²) < 4.78 is 27.8. The second kappa shape index (κ2) is 33.6. The van der Waals surface area contributed by atoms with Crippen LogP contribution in [0.2, 0.25) is 0 Å². The van der Waals surface area contributed by atoms with Gasteiger partial charge in [-0.05, 0) is 400 Å². The quantitative estimate of drug-likeness (QED) is 0.0343. The molecule has 15 nitrogen and oxygen atoms in total. The number of aliphatic carboxylic acids is 3. The van der Waals surface area contributed by atoms with Crippen molar-refractivity contribution in [2.45, 2.75) is 44.3 Å². The highest BCUT2D eigenvalue weighted by atomic mass is 127. The Morgan fingerprint density at radius 1 is 0.395 bits per heavy atom. The Hall–Kier alpha value is 1.17. The second-order valence-corrected chi connectivity index (χ2v) is 29.5. The Labute approximate surface area is 602 Å². The number of likely N-dealkylation sites (N-methyl/N-ethyl adjacent to an activating group) is 3. The highest BCUT2D eigenvalue weighted by molar-refractivity contribution is 14.1. The molecule has 76 heavy (non-hydrogen) atoms. The number of benzene rings is 6. The van der Waals surface area contributed by atoms with E-state index in [-0.39, 0.29) is 17.2 Å². The van der Waals surface area contributed by atoms with Crippen LogP contribution in [0, 0.1) is 42.8 Å². The van der Waals surface area contributed by atoms with Gasteiger partial charge in [0.15, 0.2) is 17.2 Å². The van der Waals surface area contributed by atoms with E-state index in [2.05, 4.69) is 287 Å². The van der Waals surface area contributed by atoms with Crippen LogP contribution in [0.3, 0.4) is 0 Å². The first-order valence-corrected chi connectivity index (χ1v) is 34.4. The largest absolute Gasteiger partial charge is 0.506 e. The van der Waals surface area contributed by atoms with Gasteiger partial charge in [-0.25, -0.2) is 0 Å². The number of ether oxygens (including phenoxy) is 3. The minimum atomic E-state index is -0.874. The average Bonchev–Trinajstić information content (AvgIpc) is 3.33. The molecule has 0 spiro atoms. The molecule has 0 heterocycles. The van der Waals surface area contributed by atoms with E-state index in [1.54, 1.807) is 50.5 Å². The van der Waals surface area contributed by atoms with Crippen LogP contribution in [0.1, 0.15) is 23.6 Å². The number of phenolic OH excluding ortho intramolecular Hbond substituents is 3. The Kier molecular flexibility index (Phi) is 30.8. The van der Waals surface area contributed by atoms with Crippen LogP contribution in [0.5, 0.6) is 51.7 Å². The summed E-state index contributed by atoms with van der Waals surface area (Å²) in [5, 5.41) is 65.9. The van der Waals surface area contributed by atoms with Crippen LogP contribution in [-0.4, -0.2) is 87.3 Å². The van der Waals surface area contributed by atoms with Crippen molar-refractivity contribution in [3.63, 3.8) is 0 Å². The molecule has 3 atom stereocenters. The Morgan fingerprint density at radius 2 is 0.605 bits per heavy atom. The van der Waals surface area contributed by atoms with E-state index < -0.39 is 36.0 Å². The maximum atomic E-state index is 11.4. The minimum absolute atomic E-state index is 0.250. The van der Waals surface area contributed by atoms with E-state index in [4.69, 9.17) is 14.2 Å². The van der Waals surface area contributed by atoms with Gasteiger partial charge in [-0.15, -0.1) is 0 Å². The van der Waals surface area contributed by atoms with Crippen LogP contribution in [0.15, 0.2) is 72.8 Å². The lowest BCUT2D eigenvalue weighted by Crippen LogP contribution is -2.38. The molecule has 6 rings (SSSR count). The van der Waals surface area contributed by atoms with Gasteiger partial charge < -0.3 is 60.8 Å². The van der Waals surface area contributed by atoms with Crippen molar-refractivity contribution in [2.24, 2.45) is 0 Å². The van der Waals surface area contributed by atoms with Crippen LogP contribution in [0.25, 0.3) is 0 Å². The Balaban J connectivity index is 0.000000246. The molecule has 408 valence electrons.